The van der Waals surface area contributed by atoms with Gasteiger partial charge in [0.2, 0.25) is 0 Å². The molecule has 3 nitrogen and oxygen atoms in total. The highest BCUT2D eigenvalue weighted by atomic mass is 31.2. The summed E-state index contributed by atoms with van der Waals surface area (Å²) in [6.07, 6.45) is 0. The van der Waals surface area contributed by atoms with Crippen LogP contribution in [0.15, 0.2) is 97.1 Å². The number of rotatable bonds is 8. The van der Waals surface area contributed by atoms with E-state index in [-0.39, 0.29) is 0 Å². The molecule has 0 aliphatic rings. The van der Waals surface area contributed by atoms with Crippen molar-refractivity contribution in [3.05, 3.63) is 97.1 Å². The second-order valence-electron chi connectivity index (χ2n) is 5.81. The Kier molecular flexibility index (Phi) is 6.29. The van der Waals surface area contributed by atoms with Crippen LogP contribution in [0.2, 0.25) is 0 Å². The van der Waals surface area contributed by atoms with Gasteiger partial charge < -0.3 is 13.8 Å². The first-order valence-corrected chi connectivity index (χ1v) is 9.52. The van der Waals surface area contributed by atoms with Gasteiger partial charge in [-0.25, -0.2) is 0 Å². The summed E-state index contributed by atoms with van der Waals surface area (Å²) in [7, 11) is -1.32. The molecule has 0 amide bonds. The third kappa shape index (κ3) is 5.37. The van der Waals surface area contributed by atoms with Crippen LogP contribution >= 0.6 is 8.38 Å². The molecule has 0 aromatic heterocycles. The number of benzene rings is 3. The average Bonchev–Trinajstić information content (AvgIpc) is 2.68. The molecule has 0 atom stereocenters. The van der Waals surface area contributed by atoms with Gasteiger partial charge in [0.1, 0.15) is 23.9 Å². The second-order valence-corrected chi connectivity index (χ2v) is 7.20. The first-order chi connectivity index (χ1) is 12.7. The molecular weight excluding hydrogens is 343 g/mol. The van der Waals surface area contributed by atoms with Crippen LogP contribution in [0.5, 0.6) is 17.2 Å². The molecule has 0 N–H and O–H groups in total. The van der Waals surface area contributed by atoms with Crippen molar-refractivity contribution >= 4 is 13.7 Å². The predicted molar refractivity (Wildman–Crippen MR) is 107 cm³/mol. The summed E-state index contributed by atoms with van der Waals surface area (Å²) < 4.78 is 17.9. The minimum atomic E-state index is -1.32. The van der Waals surface area contributed by atoms with Crippen molar-refractivity contribution < 1.29 is 13.8 Å². The van der Waals surface area contributed by atoms with E-state index in [1.165, 1.54) is 0 Å². The van der Waals surface area contributed by atoms with Crippen molar-refractivity contribution in [3.8, 4) is 17.2 Å². The topological polar surface area (TPSA) is 27.7 Å². The average molecular weight is 364 g/mol. The highest BCUT2D eigenvalue weighted by Gasteiger charge is 2.18. The second kappa shape index (κ2) is 9.07. The van der Waals surface area contributed by atoms with Crippen LogP contribution in [0.4, 0.5) is 0 Å². The van der Waals surface area contributed by atoms with Gasteiger partial charge in [-0.2, -0.15) is 0 Å². The molecule has 26 heavy (non-hydrogen) atoms. The van der Waals surface area contributed by atoms with Crippen molar-refractivity contribution in [3.63, 3.8) is 0 Å². The maximum Gasteiger partial charge on any atom is 0.326 e. The number of ether oxygens (including phenoxy) is 1. The maximum atomic E-state index is 6.13. The van der Waals surface area contributed by atoms with Crippen molar-refractivity contribution in [2.45, 2.75) is 6.92 Å². The highest BCUT2D eigenvalue weighted by Crippen LogP contribution is 2.39. The van der Waals surface area contributed by atoms with Crippen LogP contribution < -0.4 is 19.1 Å². The lowest BCUT2D eigenvalue weighted by Gasteiger charge is -2.19. The first-order valence-electron chi connectivity index (χ1n) is 8.34. The smallest absolute Gasteiger partial charge is 0.326 e. The van der Waals surface area contributed by atoms with Crippen LogP contribution in [0.25, 0.3) is 0 Å². The van der Waals surface area contributed by atoms with E-state index in [1.807, 2.05) is 91.9 Å². The fraction of sp³-hybridized carbons (Fsp3) is 0.0909. The lowest BCUT2D eigenvalue weighted by atomic mass is 10.3. The fourth-order valence-corrected chi connectivity index (χ4v) is 3.42. The third-order valence-electron chi connectivity index (χ3n) is 3.40. The molecule has 0 aliphatic carbocycles. The Balaban J connectivity index is 1.79. The minimum absolute atomic E-state index is 0.509. The van der Waals surface area contributed by atoms with E-state index in [1.54, 1.807) is 0 Å². The summed E-state index contributed by atoms with van der Waals surface area (Å²) in [6.45, 7) is 6.30. The van der Waals surface area contributed by atoms with E-state index < -0.39 is 8.38 Å². The predicted octanol–water partition coefficient (Wildman–Crippen LogP) is 5.74. The largest absolute Gasteiger partial charge is 0.489 e. The number of hydrogen-bond donors (Lipinski definition) is 0. The summed E-state index contributed by atoms with van der Waals surface area (Å²) in [4.78, 5) is 0. The van der Waals surface area contributed by atoms with E-state index in [0.717, 1.165) is 28.1 Å². The molecule has 0 unspecified atom stereocenters. The van der Waals surface area contributed by atoms with E-state index in [9.17, 15) is 0 Å². The summed E-state index contributed by atoms with van der Waals surface area (Å²) in [6, 6.07) is 27.2. The lowest BCUT2D eigenvalue weighted by molar-refractivity contribution is 0.353. The van der Waals surface area contributed by atoms with E-state index >= 15 is 0 Å². The van der Waals surface area contributed by atoms with Gasteiger partial charge in [0.15, 0.2) is 0 Å². The Morgan fingerprint density at radius 2 is 1.23 bits per heavy atom. The van der Waals surface area contributed by atoms with Gasteiger partial charge in [-0.1, -0.05) is 43.0 Å². The molecule has 3 rings (SSSR count). The van der Waals surface area contributed by atoms with Gasteiger partial charge in [-0.15, -0.1) is 0 Å². The molecule has 4 heteroatoms. The van der Waals surface area contributed by atoms with Gasteiger partial charge in [-0.05, 0) is 61.0 Å². The zero-order valence-electron chi connectivity index (χ0n) is 14.7. The molecule has 0 aliphatic heterocycles. The van der Waals surface area contributed by atoms with Crippen molar-refractivity contribution in [1.29, 1.82) is 0 Å². The molecule has 0 heterocycles. The van der Waals surface area contributed by atoms with Crippen LogP contribution in [0.3, 0.4) is 0 Å². The summed E-state index contributed by atoms with van der Waals surface area (Å²) >= 11 is 0. The van der Waals surface area contributed by atoms with Gasteiger partial charge in [-0.3, -0.25) is 0 Å². The number of para-hydroxylation sites is 2. The molecule has 3 aromatic carbocycles. The Hall–Kier alpha value is -2.77. The SMILES string of the molecule is C=C(C)COc1ccc(P(Oc2ccccc2)Oc2ccccc2)cc1. The zero-order chi connectivity index (χ0) is 18.2. The standard InChI is InChI=1S/C22H21O3P/c1-18(2)17-23-19-13-15-22(16-14-19)26(24-20-9-5-3-6-10-20)25-21-11-7-4-8-12-21/h3-16H,1,17H2,2H3. The van der Waals surface area contributed by atoms with Crippen LogP contribution in [-0.2, 0) is 0 Å². The maximum absolute atomic E-state index is 6.13. The van der Waals surface area contributed by atoms with Crippen LogP contribution in [0, 0.1) is 0 Å². The Bertz CT molecular complexity index is 776. The normalized spacial score (nSPS) is 10.4. The molecule has 3 aromatic rings. The number of hydrogen-bond acceptors (Lipinski definition) is 3. The molecule has 0 fully saturated rings. The molecule has 0 radical (unpaired) electrons. The summed E-state index contributed by atoms with van der Waals surface area (Å²) in [5, 5.41) is 0.968. The molecule has 0 saturated carbocycles. The highest BCUT2D eigenvalue weighted by molar-refractivity contribution is 7.56. The monoisotopic (exact) mass is 364 g/mol. The Labute approximate surface area is 155 Å². The van der Waals surface area contributed by atoms with Crippen molar-refractivity contribution in [2.75, 3.05) is 6.61 Å². The van der Waals surface area contributed by atoms with Crippen LogP contribution in [-0.4, -0.2) is 6.61 Å². The quantitative estimate of drug-likeness (QED) is 0.377. The molecule has 132 valence electrons. The van der Waals surface area contributed by atoms with E-state index in [0.29, 0.717) is 6.61 Å². The minimum Gasteiger partial charge on any atom is -0.489 e. The van der Waals surface area contributed by atoms with Gasteiger partial charge in [0.05, 0.1) is 5.30 Å². The zero-order valence-corrected chi connectivity index (χ0v) is 15.6. The van der Waals surface area contributed by atoms with Crippen molar-refractivity contribution in [1.82, 2.24) is 0 Å². The molecule has 0 bridgehead atoms. The Morgan fingerprint density at radius 3 is 1.69 bits per heavy atom. The molecule has 0 saturated heterocycles. The van der Waals surface area contributed by atoms with E-state index in [4.69, 9.17) is 13.8 Å². The summed E-state index contributed by atoms with van der Waals surface area (Å²) in [5.74, 6) is 2.35. The molecule has 0 spiro atoms. The van der Waals surface area contributed by atoms with Crippen LogP contribution in [0.1, 0.15) is 6.92 Å². The summed E-state index contributed by atoms with van der Waals surface area (Å²) in [5.41, 5.74) is 0.983. The first kappa shape index (κ1) is 18.0. The molecular formula is C22H21O3P. The lowest BCUT2D eigenvalue weighted by Crippen LogP contribution is -2.10. The fourth-order valence-electron chi connectivity index (χ4n) is 2.15. The van der Waals surface area contributed by atoms with Crippen molar-refractivity contribution in [2.24, 2.45) is 0 Å². The van der Waals surface area contributed by atoms with Gasteiger partial charge in [0, 0.05) is 0 Å². The third-order valence-corrected chi connectivity index (χ3v) is 4.87. The van der Waals surface area contributed by atoms with Gasteiger partial charge in [0.25, 0.3) is 0 Å². The van der Waals surface area contributed by atoms with Gasteiger partial charge >= 0.3 is 8.38 Å². The van der Waals surface area contributed by atoms with E-state index in [2.05, 4.69) is 6.58 Å². The Morgan fingerprint density at radius 1 is 0.731 bits per heavy atom.